The summed E-state index contributed by atoms with van der Waals surface area (Å²) in [7, 11) is 0. The third-order valence-electron chi connectivity index (χ3n) is 5.29. The predicted octanol–water partition coefficient (Wildman–Crippen LogP) is 3.85. The van der Waals surface area contributed by atoms with Crippen molar-refractivity contribution in [3.63, 3.8) is 0 Å². The number of hydrogen-bond acceptors (Lipinski definition) is 4. The normalized spacial score (nSPS) is 16.1. The van der Waals surface area contributed by atoms with E-state index in [4.69, 9.17) is 16.0 Å². The summed E-state index contributed by atoms with van der Waals surface area (Å²) in [5, 5.41) is 10.3. The van der Waals surface area contributed by atoms with Crippen LogP contribution in [0.2, 0.25) is 5.02 Å². The van der Waals surface area contributed by atoms with Gasteiger partial charge in [-0.2, -0.15) is 0 Å². The molecule has 1 aliphatic rings. The number of nitrogens with zero attached hydrogens (tertiary/aromatic N) is 1. The predicted molar refractivity (Wildman–Crippen MR) is 108 cm³/mol. The van der Waals surface area contributed by atoms with Gasteiger partial charge in [0, 0.05) is 11.6 Å². The summed E-state index contributed by atoms with van der Waals surface area (Å²) in [5.74, 6) is -0.350. The molecular weight excluding hydrogens is 378 g/mol. The van der Waals surface area contributed by atoms with E-state index in [0.717, 1.165) is 23.1 Å². The molecule has 1 amide bonds. The molecule has 0 saturated carbocycles. The number of hydrogen-bond donors (Lipinski definition) is 1. The zero-order chi connectivity index (χ0) is 20.0. The Hall–Kier alpha value is -2.63. The lowest BCUT2D eigenvalue weighted by Crippen LogP contribution is -2.32. The lowest BCUT2D eigenvalue weighted by atomic mass is 9.97. The summed E-state index contributed by atoms with van der Waals surface area (Å²) in [6.45, 7) is 3.78. The molecule has 28 heavy (non-hydrogen) atoms. The Morgan fingerprint density at radius 2 is 1.89 bits per heavy atom. The van der Waals surface area contributed by atoms with E-state index in [2.05, 4.69) is 6.92 Å². The highest BCUT2D eigenvalue weighted by Crippen LogP contribution is 2.38. The molecule has 2 aromatic carbocycles. The third kappa shape index (κ3) is 2.82. The van der Waals surface area contributed by atoms with Gasteiger partial charge in [-0.3, -0.25) is 9.59 Å². The largest absolute Gasteiger partial charge is 0.450 e. The van der Waals surface area contributed by atoms with Gasteiger partial charge in [-0.15, -0.1) is 0 Å². The molecule has 144 valence electrons. The van der Waals surface area contributed by atoms with E-state index in [1.54, 1.807) is 12.1 Å². The number of carbonyl (C=O) groups is 1. The second kappa shape index (κ2) is 7.08. The maximum Gasteiger partial charge on any atom is 0.290 e. The van der Waals surface area contributed by atoms with Crippen LogP contribution in [-0.2, 0) is 6.42 Å². The summed E-state index contributed by atoms with van der Waals surface area (Å²) in [4.78, 5) is 27.8. The molecule has 0 fully saturated rings. The average molecular weight is 398 g/mol. The molecule has 2 heterocycles. The maximum atomic E-state index is 13.3. The monoisotopic (exact) mass is 397 g/mol. The molecule has 0 bridgehead atoms. The van der Waals surface area contributed by atoms with Crippen molar-refractivity contribution >= 4 is 28.5 Å². The Balaban J connectivity index is 1.98. The van der Waals surface area contributed by atoms with Gasteiger partial charge < -0.3 is 14.4 Å². The van der Waals surface area contributed by atoms with Crippen molar-refractivity contribution in [1.29, 1.82) is 0 Å². The zero-order valence-corrected chi connectivity index (χ0v) is 16.4. The minimum absolute atomic E-state index is 0.0391. The molecule has 1 unspecified atom stereocenters. The molecule has 1 atom stereocenters. The molecule has 0 saturated heterocycles. The van der Waals surface area contributed by atoms with E-state index in [9.17, 15) is 14.7 Å². The van der Waals surface area contributed by atoms with E-state index in [-0.39, 0.29) is 30.2 Å². The Morgan fingerprint density at radius 3 is 2.54 bits per heavy atom. The molecule has 1 N–H and O–H groups in total. The third-order valence-corrected chi connectivity index (χ3v) is 5.70. The number of fused-ring (bicyclic) bond motifs is 2. The quantitative estimate of drug-likeness (QED) is 0.725. The fourth-order valence-electron chi connectivity index (χ4n) is 3.76. The highest BCUT2D eigenvalue weighted by atomic mass is 35.5. The number of aliphatic hydroxyl groups is 1. The fraction of sp³-hybridized carbons (Fsp3) is 0.273. The molecule has 6 heteroatoms. The van der Waals surface area contributed by atoms with Gasteiger partial charge in [0.2, 0.25) is 5.76 Å². The van der Waals surface area contributed by atoms with Crippen molar-refractivity contribution in [2.45, 2.75) is 26.3 Å². The van der Waals surface area contributed by atoms with Gasteiger partial charge in [0.05, 0.1) is 23.6 Å². The minimum atomic E-state index is -0.596. The number of halogens is 1. The van der Waals surface area contributed by atoms with E-state index < -0.39 is 6.04 Å². The van der Waals surface area contributed by atoms with Crippen molar-refractivity contribution < 1.29 is 14.3 Å². The van der Waals surface area contributed by atoms with Crippen LogP contribution in [0.25, 0.3) is 11.0 Å². The van der Waals surface area contributed by atoms with E-state index >= 15 is 0 Å². The molecule has 0 radical (unpaired) electrons. The van der Waals surface area contributed by atoms with Crippen molar-refractivity contribution in [2.75, 3.05) is 13.2 Å². The van der Waals surface area contributed by atoms with Gasteiger partial charge in [0.15, 0.2) is 5.43 Å². The maximum absolute atomic E-state index is 13.3. The van der Waals surface area contributed by atoms with Gasteiger partial charge in [-0.05, 0) is 42.2 Å². The summed E-state index contributed by atoms with van der Waals surface area (Å²) in [6, 6.07) is 10.5. The van der Waals surface area contributed by atoms with Crippen molar-refractivity contribution in [3.8, 4) is 0 Å². The van der Waals surface area contributed by atoms with Gasteiger partial charge >= 0.3 is 0 Å². The summed E-state index contributed by atoms with van der Waals surface area (Å²) in [6.07, 6.45) is 0.894. The van der Waals surface area contributed by atoms with Gasteiger partial charge in [0.25, 0.3) is 5.91 Å². The van der Waals surface area contributed by atoms with Crippen LogP contribution >= 0.6 is 11.6 Å². The summed E-state index contributed by atoms with van der Waals surface area (Å²) >= 11 is 6.21. The number of rotatable bonds is 4. The van der Waals surface area contributed by atoms with Crippen LogP contribution in [0.5, 0.6) is 0 Å². The van der Waals surface area contributed by atoms with Gasteiger partial charge in [-0.1, -0.05) is 42.8 Å². The number of amides is 1. The second-order valence-corrected chi connectivity index (χ2v) is 7.40. The summed E-state index contributed by atoms with van der Waals surface area (Å²) in [5.41, 5.74) is 3.11. The molecule has 1 aromatic heterocycles. The Morgan fingerprint density at radius 1 is 1.18 bits per heavy atom. The lowest BCUT2D eigenvalue weighted by Gasteiger charge is -2.24. The lowest BCUT2D eigenvalue weighted by molar-refractivity contribution is 0.0691. The number of benzene rings is 2. The number of aryl methyl sites for hydroxylation is 2. The van der Waals surface area contributed by atoms with Crippen LogP contribution in [0, 0.1) is 6.92 Å². The first kappa shape index (κ1) is 18.7. The van der Waals surface area contributed by atoms with E-state index in [0.29, 0.717) is 21.6 Å². The minimum Gasteiger partial charge on any atom is -0.450 e. The van der Waals surface area contributed by atoms with Crippen LogP contribution in [0.15, 0.2) is 45.6 Å². The van der Waals surface area contributed by atoms with Crippen molar-refractivity contribution in [3.05, 3.63) is 79.7 Å². The average Bonchev–Trinajstić information content (AvgIpc) is 2.96. The molecule has 0 spiro atoms. The zero-order valence-electron chi connectivity index (χ0n) is 15.7. The molecular formula is C22H20ClNO4. The van der Waals surface area contributed by atoms with Gasteiger partial charge in [0.1, 0.15) is 5.58 Å². The molecule has 1 aliphatic heterocycles. The van der Waals surface area contributed by atoms with Crippen LogP contribution < -0.4 is 5.43 Å². The Bertz CT molecular complexity index is 1130. The van der Waals surface area contributed by atoms with Crippen molar-refractivity contribution in [1.82, 2.24) is 4.90 Å². The van der Waals surface area contributed by atoms with Crippen LogP contribution in [-0.4, -0.2) is 29.1 Å². The van der Waals surface area contributed by atoms with E-state index in [1.165, 1.54) is 4.90 Å². The standard InChI is InChI=1S/C22H20ClNO4/c1-3-13-4-6-14(7-5-13)19-18-20(26)15-11-16(23)12(2)10-17(15)28-21(18)22(27)24(19)8-9-25/h4-7,10-11,19,25H,3,8-9H2,1-2H3. The SMILES string of the molecule is CCc1ccc(C2c3c(oc4cc(C)c(Cl)cc4c3=O)C(=O)N2CCO)cc1. The Labute approximate surface area is 167 Å². The molecule has 0 aliphatic carbocycles. The first-order valence-electron chi connectivity index (χ1n) is 9.23. The number of carbonyl (C=O) groups excluding carboxylic acids is 1. The van der Waals surface area contributed by atoms with Crippen molar-refractivity contribution in [2.24, 2.45) is 0 Å². The van der Waals surface area contributed by atoms with Crippen LogP contribution in [0.1, 0.15) is 45.8 Å². The molecule has 3 aromatic rings. The fourth-order valence-corrected chi connectivity index (χ4v) is 3.93. The highest BCUT2D eigenvalue weighted by Gasteiger charge is 2.42. The number of aliphatic hydroxyl groups excluding tert-OH is 1. The van der Waals surface area contributed by atoms with Gasteiger partial charge in [-0.25, -0.2) is 0 Å². The number of β-amino-alcohol motifs (C(OH)–C–C–N with tert-alkyl or cyclic N) is 1. The summed E-state index contributed by atoms with van der Waals surface area (Å²) < 4.78 is 5.87. The topological polar surface area (TPSA) is 70.8 Å². The van der Waals surface area contributed by atoms with Crippen LogP contribution in [0.4, 0.5) is 0 Å². The highest BCUT2D eigenvalue weighted by molar-refractivity contribution is 6.32. The molecule has 4 rings (SSSR count). The Kier molecular flexibility index (Phi) is 4.73. The smallest absolute Gasteiger partial charge is 0.290 e. The van der Waals surface area contributed by atoms with E-state index in [1.807, 2.05) is 31.2 Å². The molecule has 5 nitrogen and oxygen atoms in total. The second-order valence-electron chi connectivity index (χ2n) is 6.99. The first-order chi connectivity index (χ1) is 13.5. The first-order valence-corrected chi connectivity index (χ1v) is 9.61. The van der Waals surface area contributed by atoms with Crippen LogP contribution in [0.3, 0.4) is 0 Å².